The van der Waals surface area contributed by atoms with Gasteiger partial charge in [-0.15, -0.1) is 0 Å². The van der Waals surface area contributed by atoms with Crippen LogP contribution in [0.2, 0.25) is 0 Å². The molecule has 0 aromatic heterocycles. The Bertz CT molecular complexity index is 727. The lowest BCUT2D eigenvalue weighted by Crippen LogP contribution is -2.88. The molecule has 1 aliphatic carbocycles. The van der Waals surface area contributed by atoms with Gasteiger partial charge in [0.15, 0.2) is 0 Å². The Morgan fingerprint density at radius 3 is 1.87 bits per heavy atom. The molecule has 1 saturated heterocycles. The van der Waals surface area contributed by atoms with Gasteiger partial charge in [-0.2, -0.15) is 43.9 Å². The number of ether oxygens (including phenoxy) is 2. The van der Waals surface area contributed by atoms with Crippen molar-refractivity contribution in [1.29, 1.82) is 0 Å². The molecule has 3 atom stereocenters. The van der Waals surface area contributed by atoms with E-state index in [9.17, 15) is 45.0 Å². The molecule has 0 spiro atoms. The van der Waals surface area contributed by atoms with Crippen molar-refractivity contribution in [3.05, 3.63) is 12.7 Å². The molecule has 3 unspecified atom stereocenters. The van der Waals surface area contributed by atoms with Crippen LogP contribution in [0, 0.1) is 5.92 Å². The molecule has 1 N–H and O–H groups in total. The monoisotopic (exact) mass is 476 g/mol. The van der Waals surface area contributed by atoms with Gasteiger partial charge in [-0.1, -0.05) is 25.8 Å². The molecule has 0 aromatic carbocycles. The molecule has 0 aromatic rings. The lowest BCUT2D eigenvalue weighted by Gasteiger charge is -2.61. The molecule has 0 amide bonds. The zero-order chi connectivity index (χ0) is 24.3. The number of halogens is 10. The third-order valence-electron chi connectivity index (χ3n) is 5.86. The fraction of sp³-hybridized carbons (Fsp3) is 0.824. The zero-order valence-corrected chi connectivity index (χ0v) is 15.8. The second kappa shape index (κ2) is 7.22. The van der Waals surface area contributed by atoms with Gasteiger partial charge in [-0.3, -0.25) is 0 Å². The summed E-state index contributed by atoms with van der Waals surface area (Å²) in [4.78, 5) is 11.5. The van der Waals surface area contributed by atoms with Crippen molar-refractivity contribution in [3.63, 3.8) is 0 Å². The Kier molecular flexibility index (Phi) is 5.98. The summed E-state index contributed by atoms with van der Waals surface area (Å²) in [5.41, 5.74) is -10.4. The van der Waals surface area contributed by atoms with Gasteiger partial charge in [-0.05, 0) is 19.8 Å². The average molecular weight is 476 g/mol. The highest BCUT2D eigenvalue weighted by atomic mass is 19.4. The summed E-state index contributed by atoms with van der Waals surface area (Å²) in [6.07, 6.45) is -14.7. The predicted octanol–water partition coefficient (Wildman–Crippen LogP) is 4.91. The molecule has 180 valence electrons. The van der Waals surface area contributed by atoms with Gasteiger partial charge in [0.25, 0.3) is 0 Å². The first-order valence-corrected chi connectivity index (χ1v) is 8.94. The second-order valence-electron chi connectivity index (χ2n) is 7.62. The van der Waals surface area contributed by atoms with E-state index in [2.05, 4.69) is 16.1 Å². The molecule has 2 fully saturated rings. The lowest BCUT2D eigenvalue weighted by atomic mass is 9.64. The van der Waals surface area contributed by atoms with Crippen LogP contribution >= 0.6 is 0 Å². The summed E-state index contributed by atoms with van der Waals surface area (Å²) in [5, 5.41) is 9.77. The first-order chi connectivity index (χ1) is 13.8. The molecule has 0 radical (unpaired) electrons. The topological polar surface area (TPSA) is 55.8 Å². The van der Waals surface area contributed by atoms with E-state index in [0.29, 0.717) is 0 Å². The van der Waals surface area contributed by atoms with E-state index in [1.54, 1.807) is 0 Å². The minimum absolute atomic E-state index is 0.00457. The van der Waals surface area contributed by atoms with E-state index in [0.717, 1.165) is 0 Å². The molecule has 2 rings (SSSR count). The molecule has 2 aliphatic rings. The Hall–Kier alpha value is -1.57. The van der Waals surface area contributed by atoms with Gasteiger partial charge >= 0.3 is 36.0 Å². The number of alkyl halides is 10. The van der Waals surface area contributed by atoms with Gasteiger partial charge in [0, 0.05) is 12.0 Å². The van der Waals surface area contributed by atoms with Gasteiger partial charge < -0.3 is 14.6 Å². The summed E-state index contributed by atoms with van der Waals surface area (Å²) in [7, 11) is 0. The van der Waals surface area contributed by atoms with Crippen molar-refractivity contribution in [1.82, 2.24) is 0 Å². The van der Waals surface area contributed by atoms with E-state index in [1.807, 2.05) is 0 Å². The SMILES string of the molecule is C=CC(=O)OC1(C)C(F)(F)C(O)(C(F)(F)F)OC(C2CCCCC2)(C(F)(F)F)C1(F)F. The summed E-state index contributed by atoms with van der Waals surface area (Å²) < 4.78 is 151. The number of aliphatic hydroxyl groups is 1. The quantitative estimate of drug-likeness (QED) is 0.358. The molecular formula is C17H18F10O4. The predicted molar refractivity (Wildman–Crippen MR) is 82.0 cm³/mol. The Morgan fingerprint density at radius 2 is 1.48 bits per heavy atom. The number of carbonyl (C=O) groups is 1. The van der Waals surface area contributed by atoms with E-state index < -0.39 is 72.8 Å². The van der Waals surface area contributed by atoms with E-state index in [-0.39, 0.29) is 25.3 Å². The summed E-state index contributed by atoms with van der Waals surface area (Å²) in [6, 6.07) is 0. The van der Waals surface area contributed by atoms with Crippen molar-refractivity contribution in [2.45, 2.75) is 80.2 Å². The minimum atomic E-state index is -6.69. The van der Waals surface area contributed by atoms with Crippen LogP contribution in [0.1, 0.15) is 39.0 Å². The highest BCUT2D eigenvalue weighted by molar-refractivity contribution is 5.81. The average Bonchev–Trinajstić information content (AvgIpc) is 2.62. The van der Waals surface area contributed by atoms with Crippen LogP contribution in [0.3, 0.4) is 0 Å². The lowest BCUT2D eigenvalue weighted by molar-refractivity contribution is -0.563. The van der Waals surface area contributed by atoms with Crippen LogP contribution < -0.4 is 0 Å². The molecule has 0 bridgehead atoms. The van der Waals surface area contributed by atoms with Gasteiger partial charge in [0.1, 0.15) is 0 Å². The summed E-state index contributed by atoms with van der Waals surface area (Å²) >= 11 is 0. The van der Waals surface area contributed by atoms with E-state index in [4.69, 9.17) is 0 Å². The van der Waals surface area contributed by atoms with Gasteiger partial charge in [0.2, 0.25) is 11.2 Å². The maximum absolute atomic E-state index is 15.5. The molecule has 31 heavy (non-hydrogen) atoms. The highest BCUT2D eigenvalue weighted by Gasteiger charge is 2.96. The Balaban J connectivity index is 2.97. The van der Waals surface area contributed by atoms with Crippen molar-refractivity contribution in [2.75, 3.05) is 0 Å². The van der Waals surface area contributed by atoms with Crippen LogP contribution in [-0.4, -0.2) is 52.3 Å². The third kappa shape index (κ3) is 3.15. The van der Waals surface area contributed by atoms with Crippen molar-refractivity contribution >= 4 is 5.97 Å². The number of rotatable bonds is 3. The number of hydrogen-bond acceptors (Lipinski definition) is 4. The first kappa shape index (κ1) is 25.7. The molecule has 1 heterocycles. The minimum Gasteiger partial charge on any atom is -0.443 e. The summed E-state index contributed by atoms with van der Waals surface area (Å²) in [5.74, 6) is -22.9. The van der Waals surface area contributed by atoms with Gasteiger partial charge in [-0.25, -0.2) is 4.79 Å². The molecule has 14 heteroatoms. The normalized spacial score (nSPS) is 36.6. The second-order valence-corrected chi connectivity index (χ2v) is 7.62. The standard InChI is InChI=1S/C17H18F10O4/c1-3-10(28)30-11(2)13(18,19)12(16(22,23)24,9-7-5-4-6-8-9)31-15(29,14(11,20)21)17(25,26)27/h3,9,29H,1,4-8H2,2H3. The summed E-state index contributed by atoms with van der Waals surface area (Å²) in [6.45, 7) is 2.21. The Morgan fingerprint density at radius 1 is 1.00 bits per heavy atom. The van der Waals surface area contributed by atoms with Crippen LogP contribution in [0.25, 0.3) is 0 Å². The number of hydrogen-bond donors (Lipinski definition) is 1. The molecule has 1 aliphatic heterocycles. The van der Waals surface area contributed by atoms with Gasteiger partial charge in [0.05, 0.1) is 0 Å². The smallest absolute Gasteiger partial charge is 0.443 e. The van der Waals surface area contributed by atoms with Crippen molar-refractivity contribution < 1.29 is 63.3 Å². The van der Waals surface area contributed by atoms with Crippen molar-refractivity contribution in [2.24, 2.45) is 5.92 Å². The third-order valence-corrected chi connectivity index (χ3v) is 5.86. The van der Waals surface area contributed by atoms with Crippen molar-refractivity contribution in [3.8, 4) is 0 Å². The fourth-order valence-corrected chi connectivity index (χ4v) is 4.16. The number of carbonyl (C=O) groups excluding carboxylic acids is 1. The Labute approximate surface area is 169 Å². The van der Waals surface area contributed by atoms with E-state index in [1.165, 1.54) is 0 Å². The van der Waals surface area contributed by atoms with Crippen LogP contribution in [0.5, 0.6) is 0 Å². The van der Waals surface area contributed by atoms with Crippen LogP contribution in [-0.2, 0) is 14.3 Å². The molecule has 4 nitrogen and oxygen atoms in total. The number of esters is 1. The first-order valence-electron chi connectivity index (χ1n) is 8.94. The maximum Gasteiger partial charge on any atom is 0.449 e. The van der Waals surface area contributed by atoms with Crippen LogP contribution in [0.15, 0.2) is 12.7 Å². The van der Waals surface area contributed by atoms with E-state index >= 15 is 8.78 Å². The largest absolute Gasteiger partial charge is 0.449 e. The zero-order valence-electron chi connectivity index (χ0n) is 15.8. The highest BCUT2D eigenvalue weighted by Crippen LogP contribution is 2.68. The molecular weight excluding hydrogens is 458 g/mol. The fourth-order valence-electron chi connectivity index (χ4n) is 4.16. The van der Waals surface area contributed by atoms with Crippen LogP contribution in [0.4, 0.5) is 43.9 Å². The maximum atomic E-state index is 15.5. The molecule has 1 saturated carbocycles.